The molecule has 0 saturated heterocycles. The summed E-state index contributed by atoms with van der Waals surface area (Å²) in [6.07, 6.45) is 0. The van der Waals surface area contributed by atoms with Gasteiger partial charge in [0.25, 0.3) is 5.91 Å². The third-order valence-electron chi connectivity index (χ3n) is 4.36. The minimum absolute atomic E-state index is 0.0287. The van der Waals surface area contributed by atoms with Crippen LogP contribution in [0, 0.1) is 26.6 Å². The number of halogens is 1. The Balaban J connectivity index is 1.85. The van der Waals surface area contributed by atoms with Gasteiger partial charge in [0.2, 0.25) is 0 Å². The first kappa shape index (κ1) is 18.0. The molecule has 7 heteroatoms. The van der Waals surface area contributed by atoms with Crippen molar-refractivity contribution in [2.24, 2.45) is 0 Å². The zero-order valence-electron chi connectivity index (χ0n) is 15.2. The predicted octanol–water partition coefficient (Wildman–Crippen LogP) is 2.43. The zero-order chi connectivity index (χ0) is 19.1. The maximum atomic E-state index is 13.1. The summed E-state index contributed by atoms with van der Waals surface area (Å²) in [4.78, 5) is 17.1. The summed E-state index contributed by atoms with van der Waals surface area (Å²) in [6, 6.07) is 7.43. The fraction of sp³-hybridized carbons (Fsp3) is 0.316. The molecule has 136 valence electrons. The van der Waals surface area contributed by atoms with Gasteiger partial charge in [-0.15, -0.1) is 0 Å². The maximum absolute atomic E-state index is 13.1. The molecule has 0 fully saturated rings. The number of amides is 1. The third kappa shape index (κ3) is 3.30. The minimum Gasteiger partial charge on any atom is -0.384 e. The second-order valence-corrected chi connectivity index (χ2v) is 6.70. The molecule has 1 amide bonds. The quantitative estimate of drug-likeness (QED) is 0.752. The van der Waals surface area contributed by atoms with Gasteiger partial charge in [-0.25, -0.2) is 13.9 Å². The molecule has 2 N–H and O–H groups in total. The van der Waals surface area contributed by atoms with Crippen LogP contribution >= 0.6 is 0 Å². The first-order valence-electron chi connectivity index (χ1n) is 8.29. The smallest absolute Gasteiger partial charge is 0.257 e. The van der Waals surface area contributed by atoms with Crippen molar-refractivity contribution in [2.45, 2.75) is 33.3 Å². The number of nitrogens with one attached hydrogen (secondary N) is 1. The van der Waals surface area contributed by atoms with E-state index < -0.39 is 5.60 Å². The molecule has 3 aromatic rings. The second kappa shape index (κ2) is 6.49. The molecule has 0 radical (unpaired) electrons. The van der Waals surface area contributed by atoms with Gasteiger partial charge in [-0.3, -0.25) is 4.79 Å². The van der Waals surface area contributed by atoms with Crippen molar-refractivity contribution >= 4 is 11.6 Å². The Hall–Kier alpha value is -2.80. The largest absolute Gasteiger partial charge is 0.384 e. The van der Waals surface area contributed by atoms with Gasteiger partial charge in [0.05, 0.1) is 12.2 Å². The van der Waals surface area contributed by atoms with Gasteiger partial charge in [0, 0.05) is 11.4 Å². The summed E-state index contributed by atoms with van der Waals surface area (Å²) in [5.41, 5.74) is 2.28. The van der Waals surface area contributed by atoms with Gasteiger partial charge >= 0.3 is 0 Å². The third-order valence-corrected chi connectivity index (χ3v) is 4.36. The highest BCUT2D eigenvalue weighted by molar-refractivity contribution is 6.01. The number of nitrogens with zero attached hydrogens (tertiary/aromatic N) is 3. The number of aromatic nitrogens is 3. The van der Waals surface area contributed by atoms with Crippen molar-refractivity contribution in [3.8, 4) is 0 Å². The molecule has 0 aliphatic heterocycles. The summed E-state index contributed by atoms with van der Waals surface area (Å²) in [6.45, 7) is 7.04. The number of rotatable bonds is 4. The first-order valence-corrected chi connectivity index (χ1v) is 8.29. The summed E-state index contributed by atoms with van der Waals surface area (Å²) in [5.74, 6) is -0.746. The van der Waals surface area contributed by atoms with E-state index >= 15 is 0 Å². The molecule has 0 aliphatic carbocycles. The molecule has 1 aromatic carbocycles. The van der Waals surface area contributed by atoms with Gasteiger partial charge < -0.3 is 10.4 Å². The number of aryl methyl sites for hydroxylation is 3. The number of carbonyl (C=O) groups is 1. The van der Waals surface area contributed by atoms with E-state index in [1.54, 1.807) is 18.4 Å². The SMILES string of the molecule is Cc1cc(C)n2nc(C)c(C(=O)NCC(C)(O)c3ccc(F)cc3)c2n1. The van der Waals surface area contributed by atoms with Crippen LogP contribution in [0.5, 0.6) is 0 Å². The molecule has 0 saturated carbocycles. The minimum atomic E-state index is -1.33. The van der Waals surface area contributed by atoms with Crippen LogP contribution in [0.2, 0.25) is 0 Å². The molecule has 0 spiro atoms. The van der Waals surface area contributed by atoms with E-state index in [9.17, 15) is 14.3 Å². The van der Waals surface area contributed by atoms with Crippen LogP contribution in [-0.4, -0.2) is 32.2 Å². The monoisotopic (exact) mass is 356 g/mol. The van der Waals surface area contributed by atoms with Gasteiger partial charge in [0.15, 0.2) is 5.65 Å². The van der Waals surface area contributed by atoms with Crippen LogP contribution in [0.15, 0.2) is 30.3 Å². The Morgan fingerprint density at radius 3 is 2.58 bits per heavy atom. The Morgan fingerprint density at radius 2 is 1.92 bits per heavy atom. The summed E-state index contributed by atoms with van der Waals surface area (Å²) in [7, 11) is 0. The van der Waals surface area contributed by atoms with Crippen molar-refractivity contribution in [1.29, 1.82) is 0 Å². The number of fused-ring (bicyclic) bond motifs is 1. The number of benzene rings is 1. The molecule has 2 aromatic heterocycles. The summed E-state index contributed by atoms with van der Waals surface area (Å²) < 4.78 is 14.7. The number of carbonyl (C=O) groups excluding carboxylic acids is 1. The Bertz CT molecular complexity index is 977. The predicted molar refractivity (Wildman–Crippen MR) is 95.5 cm³/mol. The molecule has 3 rings (SSSR count). The van der Waals surface area contributed by atoms with Crippen LogP contribution < -0.4 is 5.32 Å². The molecular weight excluding hydrogens is 335 g/mol. The number of aliphatic hydroxyl groups is 1. The van der Waals surface area contributed by atoms with E-state index in [1.807, 2.05) is 19.9 Å². The van der Waals surface area contributed by atoms with Crippen molar-refractivity contribution in [3.63, 3.8) is 0 Å². The van der Waals surface area contributed by atoms with Crippen molar-refractivity contribution < 1.29 is 14.3 Å². The molecule has 6 nitrogen and oxygen atoms in total. The molecule has 0 aliphatic rings. The van der Waals surface area contributed by atoms with E-state index in [0.717, 1.165) is 11.4 Å². The number of hydrogen-bond donors (Lipinski definition) is 2. The fourth-order valence-corrected chi connectivity index (χ4v) is 2.94. The molecular formula is C19H21FN4O2. The van der Waals surface area contributed by atoms with Crippen LogP contribution in [0.4, 0.5) is 4.39 Å². The van der Waals surface area contributed by atoms with E-state index in [1.165, 1.54) is 24.3 Å². The van der Waals surface area contributed by atoms with Gasteiger partial charge in [-0.1, -0.05) is 12.1 Å². The van der Waals surface area contributed by atoms with E-state index in [0.29, 0.717) is 22.5 Å². The topological polar surface area (TPSA) is 79.5 Å². The van der Waals surface area contributed by atoms with Gasteiger partial charge in [0.1, 0.15) is 17.0 Å². The molecule has 0 bridgehead atoms. The lowest BCUT2D eigenvalue weighted by molar-refractivity contribution is 0.0526. The van der Waals surface area contributed by atoms with Crippen LogP contribution in [-0.2, 0) is 5.60 Å². The van der Waals surface area contributed by atoms with Gasteiger partial charge in [-0.2, -0.15) is 5.10 Å². The number of hydrogen-bond acceptors (Lipinski definition) is 4. The van der Waals surface area contributed by atoms with Crippen LogP contribution in [0.25, 0.3) is 5.65 Å². The van der Waals surface area contributed by atoms with Gasteiger partial charge in [-0.05, 0) is 51.5 Å². The lowest BCUT2D eigenvalue weighted by atomic mass is 9.96. The Morgan fingerprint density at radius 1 is 1.27 bits per heavy atom. The standard InChI is InChI=1S/C19H21FN4O2/c1-11-9-12(2)24-17(22-11)16(13(3)23-24)18(25)21-10-19(4,26)14-5-7-15(20)8-6-14/h5-9,26H,10H2,1-4H3,(H,21,25). The van der Waals surface area contributed by atoms with Crippen molar-refractivity contribution in [1.82, 2.24) is 19.9 Å². The average molecular weight is 356 g/mol. The maximum Gasteiger partial charge on any atom is 0.257 e. The van der Waals surface area contributed by atoms with E-state index in [-0.39, 0.29) is 18.3 Å². The van der Waals surface area contributed by atoms with E-state index in [2.05, 4.69) is 15.4 Å². The second-order valence-electron chi connectivity index (χ2n) is 6.70. The molecule has 2 heterocycles. The fourth-order valence-electron chi connectivity index (χ4n) is 2.94. The Labute approximate surface area is 150 Å². The van der Waals surface area contributed by atoms with Crippen molar-refractivity contribution in [2.75, 3.05) is 6.54 Å². The van der Waals surface area contributed by atoms with Crippen LogP contribution in [0.1, 0.15) is 39.9 Å². The summed E-state index contributed by atoms with van der Waals surface area (Å²) in [5, 5.41) is 17.7. The molecule has 26 heavy (non-hydrogen) atoms. The summed E-state index contributed by atoms with van der Waals surface area (Å²) >= 11 is 0. The first-order chi connectivity index (χ1) is 12.2. The molecule has 1 unspecified atom stereocenters. The highest BCUT2D eigenvalue weighted by Gasteiger charge is 2.26. The van der Waals surface area contributed by atoms with Crippen molar-refractivity contribution in [3.05, 3.63) is 64.4 Å². The van der Waals surface area contributed by atoms with Crippen LogP contribution in [0.3, 0.4) is 0 Å². The lowest BCUT2D eigenvalue weighted by Gasteiger charge is -2.24. The normalized spacial score (nSPS) is 13.6. The zero-order valence-corrected chi connectivity index (χ0v) is 15.2. The lowest BCUT2D eigenvalue weighted by Crippen LogP contribution is -2.38. The highest BCUT2D eigenvalue weighted by atomic mass is 19.1. The van der Waals surface area contributed by atoms with E-state index in [4.69, 9.17) is 0 Å². The average Bonchev–Trinajstić information content (AvgIpc) is 2.89. The Kier molecular flexibility index (Phi) is 4.50. The highest BCUT2D eigenvalue weighted by Crippen LogP contribution is 2.21. The molecule has 1 atom stereocenters.